The summed E-state index contributed by atoms with van der Waals surface area (Å²) in [5.74, 6) is -1.58. The molecular formula is C10H17NO4. The van der Waals surface area contributed by atoms with Gasteiger partial charge in [0.2, 0.25) is 0 Å². The molecule has 0 aromatic carbocycles. The summed E-state index contributed by atoms with van der Waals surface area (Å²) in [5.41, 5.74) is 0. The van der Waals surface area contributed by atoms with E-state index in [0.29, 0.717) is 19.3 Å². The van der Waals surface area contributed by atoms with Crippen LogP contribution in [0.25, 0.3) is 0 Å². The van der Waals surface area contributed by atoms with Crippen LogP contribution in [0, 0.1) is 0 Å². The molecule has 5 nitrogen and oxygen atoms in total. The molecule has 0 bridgehead atoms. The highest BCUT2D eigenvalue weighted by Gasteiger charge is 2.16. The summed E-state index contributed by atoms with van der Waals surface area (Å²) in [7, 11) is 1.18. The van der Waals surface area contributed by atoms with Gasteiger partial charge in [0.1, 0.15) is 0 Å². The van der Waals surface area contributed by atoms with Crippen molar-refractivity contribution in [1.82, 2.24) is 5.32 Å². The number of ether oxygens (including phenoxy) is 2. The molecule has 0 aromatic heterocycles. The van der Waals surface area contributed by atoms with Gasteiger partial charge < -0.3 is 14.8 Å². The molecular weight excluding hydrogens is 198 g/mol. The summed E-state index contributed by atoms with van der Waals surface area (Å²) in [6.07, 6.45) is 4.98. The Hall–Kier alpha value is -1.10. The molecule has 1 saturated carbocycles. The van der Waals surface area contributed by atoms with E-state index in [-0.39, 0.29) is 0 Å². The number of rotatable bonds is 4. The van der Waals surface area contributed by atoms with E-state index >= 15 is 0 Å². The standard InChI is InChI=1S/C10H17NO4/c1-14-10(13)9(12)11-6-7-15-8-4-2-3-5-8/h8H,2-7H2,1H3,(H,11,12). The van der Waals surface area contributed by atoms with E-state index in [1.807, 2.05) is 0 Å². The number of carbonyl (C=O) groups excluding carboxylic acids is 2. The van der Waals surface area contributed by atoms with Crippen LogP contribution < -0.4 is 5.32 Å². The molecule has 0 unspecified atom stereocenters. The zero-order valence-electron chi connectivity index (χ0n) is 8.95. The normalized spacial score (nSPS) is 16.3. The average molecular weight is 215 g/mol. The third kappa shape index (κ3) is 4.29. The Kier molecular flexibility index (Phi) is 5.10. The minimum atomic E-state index is -0.865. The Morgan fingerprint density at radius 1 is 1.33 bits per heavy atom. The van der Waals surface area contributed by atoms with E-state index in [1.54, 1.807) is 0 Å². The van der Waals surface area contributed by atoms with Gasteiger partial charge in [0.05, 0.1) is 19.8 Å². The van der Waals surface area contributed by atoms with Gasteiger partial charge in [0.25, 0.3) is 0 Å². The summed E-state index contributed by atoms with van der Waals surface area (Å²) in [5, 5.41) is 2.42. The van der Waals surface area contributed by atoms with Gasteiger partial charge in [0, 0.05) is 6.54 Å². The minimum absolute atomic E-state index is 0.333. The Morgan fingerprint density at radius 2 is 2.00 bits per heavy atom. The molecule has 0 aliphatic heterocycles. The molecule has 86 valence electrons. The second-order valence-electron chi connectivity index (χ2n) is 3.52. The van der Waals surface area contributed by atoms with Crippen LogP contribution in [0.5, 0.6) is 0 Å². The van der Waals surface area contributed by atoms with Gasteiger partial charge in [-0.3, -0.25) is 4.79 Å². The molecule has 1 rings (SSSR count). The third-order valence-corrected chi connectivity index (χ3v) is 2.41. The maximum absolute atomic E-state index is 10.9. The van der Waals surface area contributed by atoms with E-state index < -0.39 is 11.9 Å². The lowest BCUT2D eigenvalue weighted by molar-refractivity contribution is -0.152. The topological polar surface area (TPSA) is 64.6 Å². The quantitative estimate of drug-likeness (QED) is 0.414. The highest BCUT2D eigenvalue weighted by atomic mass is 16.5. The van der Waals surface area contributed by atoms with Crippen LogP contribution in [-0.2, 0) is 19.1 Å². The first-order valence-electron chi connectivity index (χ1n) is 5.22. The molecule has 0 heterocycles. The number of amides is 1. The Bertz CT molecular complexity index is 223. The lowest BCUT2D eigenvalue weighted by Gasteiger charge is -2.10. The van der Waals surface area contributed by atoms with Gasteiger partial charge in [-0.25, -0.2) is 4.79 Å². The van der Waals surface area contributed by atoms with Gasteiger partial charge in [-0.05, 0) is 12.8 Å². The minimum Gasteiger partial charge on any atom is -0.462 e. The van der Waals surface area contributed by atoms with Crippen LogP contribution in [0.1, 0.15) is 25.7 Å². The molecule has 0 aromatic rings. The van der Waals surface area contributed by atoms with Gasteiger partial charge in [-0.15, -0.1) is 0 Å². The number of methoxy groups -OCH3 is 1. The Labute approximate surface area is 89.1 Å². The van der Waals surface area contributed by atoms with Gasteiger partial charge in [0.15, 0.2) is 0 Å². The summed E-state index contributed by atoms with van der Waals surface area (Å²) in [6.45, 7) is 0.803. The molecule has 0 spiro atoms. The summed E-state index contributed by atoms with van der Waals surface area (Å²) in [4.78, 5) is 21.6. The molecule has 5 heteroatoms. The molecule has 1 aliphatic carbocycles. The van der Waals surface area contributed by atoms with Crippen molar-refractivity contribution in [2.75, 3.05) is 20.3 Å². The van der Waals surface area contributed by atoms with Crippen molar-refractivity contribution >= 4 is 11.9 Å². The number of nitrogens with one attached hydrogen (secondary N) is 1. The highest BCUT2D eigenvalue weighted by molar-refractivity contribution is 6.32. The second kappa shape index (κ2) is 6.40. The van der Waals surface area contributed by atoms with E-state index in [1.165, 1.54) is 20.0 Å². The van der Waals surface area contributed by atoms with E-state index in [9.17, 15) is 9.59 Å². The summed E-state index contributed by atoms with van der Waals surface area (Å²) in [6, 6.07) is 0. The van der Waals surface area contributed by atoms with Crippen molar-refractivity contribution < 1.29 is 19.1 Å². The molecule has 1 N–H and O–H groups in total. The number of carbonyl (C=O) groups is 2. The van der Waals surface area contributed by atoms with Crippen LogP contribution >= 0.6 is 0 Å². The molecule has 15 heavy (non-hydrogen) atoms. The number of hydrogen-bond acceptors (Lipinski definition) is 4. The first-order chi connectivity index (χ1) is 7.24. The van der Waals surface area contributed by atoms with Crippen LogP contribution in [-0.4, -0.2) is 38.2 Å². The van der Waals surface area contributed by atoms with Gasteiger partial charge in [-0.1, -0.05) is 12.8 Å². The SMILES string of the molecule is COC(=O)C(=O)NCCOC1CCCC1. The molecule has 0 atom stereocenters. The van der Waals surface area contributed by atoms with Gasteiger partial charge in [-0.2, -0.15) is 0 Å². The first-order valence-corrected chi connectivity index (χ1v) is 5.22. The predicted molar refractivity (Wildman–Crippen MR) is 53.2 cm³/mol. The molecule has 1 fully saturated rings. The Balaban J connectivity index is 2.00. The van der Waals surface area contributed by atoms with E-state index in [0.717, 1.165) is 12.8 Å². The van der Waals surface area contributed by atoms with Crippen LogP contribution in [0.15, 0.2) is 0 Å². The van der Waals surface area contributed by atoms with Crippen molar-refractivity contribution in [3.63, 3.8) is 0 Å². The van der Waals surface area contributed by atoms with Crippen molar-refractivity contribution in [3.8, 4) is 0 Å². The molecule has 1 aliphatic rings. The lowest BCUT2D eigenvalue weighted by Crippen LogP contribution is -2.34. The third-order valence-electron chi connectivity index (χ3n) is 2.41. The monoisotopic (exact) mass is 215 g/mol. The first kappa shape index (κ1) is 12.0. The van der Waals surface area contributed by atoms with Crippen molar-refractivity contribution in [2.24, 2.45) is 0 Å². The zero-order valence-corrected chi connectivity index (χ0v) is 8.95. The maximum Gasteiger partial charge on any atom is 0.396 e. The number of esters is 1. The molecule has 1 amide bonds. The smallest absolute Gasteiger partial charge is 0.396 e. The zero-order chi connectivity index (χ0) is 11.1. The lowest BCUT2D eigenvalue weighted by atomic mass is 10.3. The van der Waals surface area contributed by atoms with Crippen molar-refractivity contribution in [3.05, 3.63) is 0 Å². The van der Waals surface area contributed by atoms with Crippen LogP contribution in [0.3, 0.4) is 0 Å². The van der Waals surface area contributed by atoms with Gasteiger partial charge >= 0.3 is 11.9 Å². The highest BCUT2D eigenvalue weighted by Crippen LogP contribution is 2.20. The van der Waals surface area contributed by atoms with Crippen LogP contribution in [0.4, 0.5) is 0 Å². The maximum atomic E-state index is 10.9. The predicted octanol–water partition coefficient (Wildman–Crippen LogP) is 0.235. The van der Waals surface area contributed by atoms with Crippen molar-refractivity contribution in [1.29, 1.82) is 0 Å². The fourth-order valence-electron chi connectivity index (χ4n) is 1.61. The van der Waals surface area contributed by atoms with Crippen LogP contribution in [0.2, 0.25) is 0 Å². The molecule has 0 saturated heterocycles. The number of hydrogen-bond donors (Lipinski definition) is 1. The summed E-state index contributed by atoms with van der Waals surface area (Å²) < 4.78 is 9.75. The molecule has 0 radical (unpaired) electrons. The van der Waals surface area contributed by atoms with E-state index in [2.05, 4.69) is 10.1 Å². The summed E-state index contributed by atoms with van der Waals surface area (Å²) >= 11 is 0. The largest absolute Gasteiger partial charge is 0.462 e. The van der Waals surface area contributed by atoms with E-state index in [4.69, 9.17) is 4.74 Å². The van der Waals surface area contributed by atoms with Crippen molar-refractivity contribution in [2.45, 2.75) is 31.8 Å². The fraction of sp³-hybridized carbons (Fsp3) is 0.800. The Morgan fingerprint density at radius 3 is 2.60 bits per heavy atom. The average Bonchev–Trinajstić information content (AvgIpc) is 2.75. The second-order valence-corrected chi connectivity index (χ2v) is 3.52. The fourth-order valence-corrected chi connectivity index (χ4v) is 1.61.